The molecule has 0 radical (unpaired) electrons. The number of nitrogens with zero attached hydrogens (tertiary/aromatic N) is 2. The molecule has 20 heavy (non-hydrogen) atoms. The highest BCUT2D eigenvalue weighted by Crippen LogP contribution is 2.16. The monoisotopic (exact) mass is 273 g/mol. The largest absolute Gasteiger partial charge is 0.468 e. The topological polar surface area (TPSA) is 56.1 Å². The normalized spacial score (nSPS) is 13.8. The third-order valence-electron chi connectivity index (χ3n) is 3.25. The van der Waals surface area contributed by atoms with Gasteiger partial charge in [-0.15, -0.1) is 0 Å². The Morgan fingerprint density at radius 3 is 2.55 bits per heavy atom. The van der Waals surface area contributed by atoms with E-state index in [2.05, 4.69) is 10.3 Å². The minimum absolute atomic E-state index is 0.0703. The van der Waals surface area contributed by atoms with Gasteiger partial charge in [-0.2, -0.15) is 0 Å². The van der Waals surface area contributed by atoms with Crippen molar-refractivity contribution in [1.82, 2.24) is 14.9 Å². The predicted octanol–water partition coefficient (Wildman–Crippen LogP) is 2.08. The molecule has 2 atom stereocenters. The van der Waals surface area contributed by atoms with Crippen molar-refractivity contribution in [2.45, 2.75) is 25.9 Å². The first-order valence-corrected chi connectivity index (χ1v) is 6.54. The van der Waals surface area contributed by atoms with E-state index in [4.69, 9.17) is 4.74 Å². The smallest absolute Gasteiger partial charge is 0.322 e. The van der Waals surface area contributed by atoms with E-state index in [9.17, 15) is 4.79 Å². The number of nitrogens with one attached hydrogen (secondary N) is 1. The lowest BCUT2D eigenvalue weighted by molar-refractivity contribution is -0.142. The summed E-state index contributed by atoms with van der Waals surface area (Å²) >= 11 is 0. The Hall–Kier alpha value is -2.14. The standard InChI is InChI=1S/C15H19N3O2/c1-11(17-12(2)15(19)20-3)13-4-6-14(7-5-13)18-9-8-16-10-18/h4-12,17H,1-3H3/t11?,12-/m0/s1. The van der Waals surface area contributed by atoms with Gasteiger partial charge < -0.3 is 9.30 Å². The maximum absolute atomic E-state index is 11.4. The molecule has 0 fully saturated rings. The maximum Gasteiger partial charge on any atom is 0.322 e. The second-order valence-electron chi connectivity index (χ2n) is 4.69. The second-order valence-corrected chi connectivity index (χ2v) is 4.69. The highest BCUT2D eigenvalue weighted by molar-refractivity contribution is 5.75. The second kappa shape index (κ2) is 6.34. The van der Waals surface area contributed by atoms with E-state index in [1.165, 1.54) is 7.11 Å². The first kappa shape index (κ1) is 14.3. The Labute approximate surface area is 118 Å². The zero-order chi connectivity index (χ0) is 14.5. The number of benzene rings is 1. The van der Waals surface area contributed by atoms with Gasteiger partial charge in [0.05, 0.1) is 13.4 Å². The molecule has 1 aromatic heterocycles. The maximum atomic E-state index is 11.4. The third-order valence-corrected chi connectivity index (χ3v) is 3.25. The summed E-state index contributed by atoms with van der Waals surface area (Å²) in [5, 5.41) is 3.21. The fourth-order valence-corrected chi connectivity index (χ4v) is 2.06. The Kier molecular flexibility index (Phi) is 4.53. The number of imidazole rings is 1. The fraction of sp³-hybridized carbons (Fsp3) is 0.333. The van der Waals surface area contributed by atoms with Crippen molar-refractivity contribution in [3.63, 3.8) is 0 Å². The van der Waals surface area contributed by atoms with Crippen LogP contribution >= 0.6 is 0 Å². The molecule has 1 heterocycles. The van der Waals surface area contributed by atoms with Gasteiger partial charge in [-0.1, -0.05) is 12.1 Å². The number of hydrogen-bond donors (Lipinski definition) is 1. The Morgan fingerprint density at radius 1 is 1.30 bits per heavy atom. The number of carbonyl (C=O) groups excluding carboxylic acids is 1. The molecule has 1 N–H and O–H groups in total. The number of esters is 1. The lowest BCUT2D eigenvalue weighted by Crippen LogP contribution is -2.36. The van der Waals surface area contributed by atoms with Crippen molar-refractivity contribution in [2.24, 2.45) is 0 Å². The fourth-order valence-electron chi connectivity index (χ4n) is 2.06. The Morgan fingerprint density at radius 2 is 2.00 bits per heavy atom. The van der Waals surface area contributed by atoms with Crippen LogP contribution in [0.5, 0.6) is 0 Å². The molecule has 0 aliphatic rings. The number of ether oxygens (including phenoxy) is 1. The summed E-state index contributed by atoms with van der Waals surface area (Å²) < 4.78 is 6.65. The van der Waals surface area contributed by atoms with E-state index in [0.29, 0.717) is 0 Å². The predicted molar refractivity (Wildman–Crippen MR) is 76.6 cm³/mol. The van der Waals surface area contributed by atoms with Crippen LogP contribution in [-0.4, -0.2) is 28.7 Å². The molecule has 0 aliphatic carbocycles. The molecule has 2 rings (SSSR count). The molecule has 0 aliphatic heterocycles. The molecule has 1 aromatic carbocycles. The van der Waals surface area contributed by atoms with Crippen LogP contribution in [0.3, 0.4) is 0 Å². The molecule has 0 spiro atoms. The number of hydrogen-bond acceptors (Lipinski definition) is 4. The zero-order valence-corrected chi connectivity index (χ0v) is 11.9. The van der Waals surface area contributed by atoms with E-state index in [-0.39, 0.29) is 18.1 Å². The number of rotatable bonds is 5. The number of methoxy groups -OCH3 is 1. The molecule has 0 saturated carbocycles. The third kappa shape index (κ3) is 3.24. The summed E-state index contributed by atoms with van der Waals surface area (Å²) in [4.78, 5) is 15.4. The number of carbonyl (C=O) groups is 1. The molecule has 1 unspecified atom stereocenters. The highest BCUT2D eigenvalue weighted by Gasteiger charge is 2.16. The van der Waals surface area contributed by atoms with E-state index >= 15 is 0 Å². The molecular weight excluding hydrogens is 254 g/mol. The summed E-state index contributed by atoms with van der Waals surface area (Å²) in [7, 11) is 1.39. The summed E-state index contributed by atoms with van der Waals surface area (Å²) in [6.07, 6.45) is 5.40. The van der Waals surface area contributed by atoms with Crippen LogP contribution in [0.15, 0.2) is 43.0 Å². The van der Waals surface area contributed by atoms with E-state index in [1.54, 1.807) is 19.4 Å². The lowest BCUT2D eigenvalue weighted by atomic mass is 10.1. The van der Waals surface area contributed by atoms with Crippen molar-refractivity contribution < 1.29 is 9.53 Å². The average Bonchev–Trinajstić information content (AvgIpc) is 3.00. The van der Waals surface area contributed by atoms with Gasteiger partial charge in [0.15, 0.2) is 0 Å². The van der Waals surface area contributed by atoms with Gasteiger partial charge in [-0.3, -0.25) is 10.1 Å². The van der Waals surface area contributed by atoms with Gasteiger partial charge in [0.2, 0.25) is 0 Å². The van der Waals surface area contributed by atoms with Crippen molar-refractivity contribution >= 4 is 5.97 Å². The van der Waals surface area contributed by atoms with Gasteiger partial charge in [0.1, 0.15) is 6.04 Å². The number of aromatic nitrogens is 2. The van der Waals surface area contributed by atoms with Crippen LogP contribution in [0.4, 0.5) is 0 Å². The minimum atomic E-state index is -0.330. The molecular formula is C15H19N3O2. The zero-order valence-electron chi connectivity index (χ0n) is 11.9. The molecule has 0 saturated heterocycles. The molecule has 5 nitrogen and oxygen atoms in total. The first-order chi connectivity index (χ1) is 9.61. The quantitative estimate of drug-likeness (QED) is 0.847. The van der Waals surface area contributed by atoms with Gasteiger partial charge in [-0.25, -0.2) is 4.98 Å². The van der Waals surface area contributed by atoms with E-state index < -0.39 is 0 Å². The molecule has 0 bridgehead atoms. The minimum Gasteiger partial charge on any atom is -0.468 e. The van der Waals surface area contributed by atoms with E-state index in [1.807, 2.05) is 42.0 Å². The van der Waals surface area contributed by atoms with Crippen LogP contribution in [0, 0.1) is 0 Å². The van der Waals surface area contributed by atoms with Crippen molar-refractivity contribution in [1.29, 1.82) is 0 Å². The van der Waals surface area contributed by atoms with Crippen LogP contribution in [0.25, 0.3) is 5.69 Å². The van der Waals surface area contributed by atoms with Gasteiger partial charge in [-0.05, 0) is 31.5 Å². The van der Waals surface area contributed by atoms with E-state index in [0.717, 1.165) is 11.3 Å². The average molecular weight is 273 g/mol. The summed E-state index contributed by atoms with van der Waals surface area (Å²) in [6.45, 7) is 3.81. The van der Waals surface area contributed by atoms with Crippen molar-refractivity contribution in [3.8, 4) is 5.69 Å². The molecule has 5 heteroatoms. The SMILES string of the molecule is COC(=O)[C@H](C)NC(C)c1ccc(-n2ccnc2)cc1. The molecule has 0 amide bonds. The summed E-state index contributed by atoms with van der Waals surface area (Å²) in [6, 6.07) is 7.87. The van der Waals surface area contributed by atoms with Crippen molar-refractivity contribution in [3.05, 3.63) is 48.5 Å². The lowest BCUT2D eigenvalue weighted by Gasteiger charge is -2.19. The molecule has 2 aromatic rings. The van der Waals surface area contributed by atoms with Gasteiger partial charge >= 0.3 is 5.97 Å². The molecule has 106 valence electrons. The van der Waals surface area contributed by atoms with Gasteiger partial charge in [0.25, 0.3) is 0 Å². The Balaban J connectivity index is 2.04. The van der Waals surface area contributed by atoms with Crippen LogP contribution < -0.4 is 5.32 Å². The van der Waals surface area contributed by atoms with Crippen LogP contribution in [0.1, 0.15) is 25.5 Å². The van der Waals surface area contributed by atoms with Crippen LogP contribution in [0.2, 0.25) is 0 Å². The summed E-state index contributed by atoms with van der Waals surface area (Å²) in [5.41, 5.74) is 2.17. The van der Waals surface area contributed by atoms with Gasteiger partial charge in [0, 0.05) is 24.1 Å². The summed E-state index contributed by atoms with van der Waals surface area (Å²) in [5.74, 6) is -0.258. The Bertz CT molecular complexity index is 549. The van der Waals surface area contributed by atoms with Crippen molar-refractivity contribution in [2.75, 3.05) is 7.11 Å². The highest BCUT2D eigenvalue weighted by atomic mass is 16.5. The van der Waals surface area contributed by atoms with Crippen LogP contribution in [-0.2, 0) is 9.53 Å². The first-order valence-electron chi connectivity index (χ1n) is 6.54.